The third-order valence-electron chi connectivity index (χ3n) is 2.45. The molecule has 0 amide bonds. The van der Waals surface area contributed by atoms with Gasteiger partial charge in [-0.2, -0.15) is 0 Å². The number of hydrogen-bond donors (Lipinski definition) is 1. The van der Waals surface area contributed by atoms with E-state index in [0.29, 0.717) is 6.42 Å². The molecule has 1 rings (SSSR count). The summed E-state index contributed by atoms with van der Waals surface area (Å²) >= 11 is 11.8. The van der Waals surface area contributed by atoms with Crippen LogP contribution in [0.4, 0.5) is 0 Å². The first-order valence-electron chi connectivity index (χ1n) is 5.35. The van der Waals surface area contributed by atoms with E-state index in [-0.39, 0.29) is 21.5 Å². The summed E-state index contributed by atoms with van der Waals surface area (Å²) in [5.41, 5.74) is 0. The molecule has 7 heteroatoms. The topological polar surface area (TPSA) is 57.6 Å². The van der Waals surface area contributed by atoms with Gasteiger partial charge in [-0.15, -0.1) is 0 Å². The number of rotatable bonds is 5. The number of benzene rings is 1. The Kier molecular flexibility index (Phi) is 5.43. The zero-order chi connectivity index (χ0) is 13.9. The Morgan fingerprint density at radius 2 is 1.83 bits per heavy atom. The highest BCUT2D eigenvalue weighted by atomic mass is 35.5. The van der Waals surface area contributed by atoms with Gasteiger partial charge in [0.2, 0.25) is 10.0 Å². The van der Waals surface area contributed by atoms with Crippen LogP contribution in [-0.4, -0.2) is 37.5 Å². The van der Waals surface area contributed by atoms with Gasteiger partial charge >= 0.3 is 0 Å². The smallest absolute Gasteiger partial charge is 0.245 e. The molecule has 0 fully saturated rings. The van der Waals surface area contributed by atoms with E-state index >= 15 is 0 Å². The minimum Gasteiger partial charge on any atom is -0.393 e. The molecule has 1 N–H and O–H groups in total. The number of sulfonamides is 1. The van der Waals surface area contributed by atoms with Crippen molar-refractivity contribution in [2.45, 2.75) is 24.3 Å². The minimum atomic E-state index is -3.74. The van der Waals surface area contributed by atoms with Crippen LogP contribution in [-0.2, 0) is 10.0 Å². The molecule has 1 aromatic carbocycles. The predicted octanol–water partition coefficient (Wildman–Crippen LogP) is 2.38. The fourth-order valence-electron chi connectivity index (χ4n) is 1.37. The van der Waals surface area contributed by atoms with Crippen LogP contribution >= 0.6 is 23.2 Å². The summed E-state index contributed by atoms with van der Waals surface area (Å²) in [4.78, 5) is -0.0959. The second-order valence-electron chi connectivity index (χ2n) is 4.02. The van der Waals surface area contributed by atoms with Crippen molar-refractivity contribution in [3.05, 3.63) is 28.2 Å². The molecule has 1 aromatic rings. The van der Waals surface area contributed by atoms with Crippen molar-refractivity contribution in [2.24, 2.45) is 0 Å². The van der Waals surface area contributed by atoms with Gasteiger partial charge in [0.15, 0.2) is 0 Å². The van der Waals surface area contributed by atoms with Crippen LogP contribution in [0.25, 0.3) is 0 Å². The molecule has 1 unspecified atom stereocenters. The van der Waals surface area contributed by atoms with Gasteiger partial charge in [-0.1, -0.05) is 29.3 Å². The quantitative estimate of drug-likeness (QED) is 0.908. The highest BCUT2D eigenvalue weighted by Crippen LogP contribution is 2.30. The maximum Gasteiger partial charge on any atom is 0.245 e. The summed E-state index contributed by atoms with van der Waals surface area (Å²) in [7, 11) is -2.31. The lowest BCUT2D eigenvalue weighted by atomic mass is 10.3. The summed E-state index contributed by atoms with van der Waals surface area (Å²) in [6.07, 6.45) is -0.220. The van der Waals surface area contributed by atoms with Crippen LogP contribution in [0.15, 0.2) is 23.1 Å². The fraction of sp³-hybridized carbons (Fsp3) is 0.455. The molecule has 18 heavy (non-hydrogen) atoms. The van der Waals surface area contributed by atoms with Crippen molar-refractivity contribution < 1.29 is 13.5 Å². The van der Waals surface area contributed by atoms with Crippen molar-refractivity contribution in [2.75, 3.05) is 13.6 Å². The summed E-state index contributed by atoms with van der Waals surface area (Å²) in [6.45, 7) is 1.80. The molecule has 0 aliphatic rings. The lowest BCUT2D eigenvalue weighted by Gasteiger charge is -2.19. The zero-order valence-electron chi connectivity index (χ0n) is 10.1. The van der Waals surface area contributed by atoms with Gasteiger partial charge in [-0.3, -0.25) is 0 Å². The molecule has 4 nitrogen and oxygen atoms in total. The first-order valence-corrected chi connectivity index (χ1v) is 7.55. The molecule has 0 bridgehead atoms. The van der Waals surface area contributed by atoms with Crippen LogP contribution in [0.1, 0.15) is 13.3 Å². The van der Waals surface area contributed by atoms with E-state index in [1.54, 1.807) is 13.0 Å². The van der Waals surface area contributed by atoms with Gasteiger partial charge in [0.1, 0.15) is 4.90 Å². The Morgan fingerprint density at radius 1 is 1.33 bits per heavy atom. The number of aliphatic hydroxyl groups is 1. The normalized spacial score (nSPS) is 13.9. The number of nitrogens with zero attached hydrogens (tertiary/aromatic N) is 1. The maximum atomic E-state index is 12.3. The van der Waals surface area contributed by atoms with Crippen molar-refractivity contribution in [3.63, 3.8) is 0 Å². The largest absolute Gasteiger partial charge is 0.393 e. The predicted molar refractivity (Wildman–Crippen MR) is 72.6 cm³/mol. The van der Waals surface area contributed by atoms with Crippen LogP contribution in [0.2, 0.25) is 10.0 Å². The second-order valence-corrected chi connectivity index (χ2v) is 6.81. The average molecular weight is 312 g/mol. The first-order chi connectivity index (χ1) is 8.26. The van der Waals surface area contributed by atoms with Crippen molar-refractivity contribution in [1.29, 1.82) is 0 Å². The Morgan fingerprint density at radius 3 is 2.28 bits per heavy atom. The monoisotopic (exact) mass is 311 g/mol. The molecule has 0 saturated carbocycles. The standard InChI is InChI=1S/C11H15Cl2NO3S/c1-8(15)6-7-14(2)18(16,17)11-9(12)4-3-5-10(11)13/h3-5,8,15H,6-7H2,1-2H3. The first kappa shape index (κ1) is 15.7. The van der Waals surface area contributed by atoms with Gasteiger partial charge in [-0.05, 0) is 25.5 Å². The van der Waals surface area contributed by atoms with Gasteiger partial charge in [0.25, 0.3) is 0 Å². The van der Waals surface area contributed by atoms with Crippen molar-refractivity contribution >= 4 is 33.2 Å². The molecule has 102 valence electrons. The zero-order valence-corrected chi connectivity index (χ0v) is 12.4. The molecule has 0 radical (unpaired) electrons. The van der Waals surface area contributed by atoms with Crippen LogP contribution < -0.4 is 0 Å². The Hall–Kier alpha value is -0.330. The molecule has 0 aliphatic heterocycles. The third kappa shape index (κ3) is 3.59. The van der Waals surface area contributed by atoms with E-state index in [4.69, 9.17) is 23.2 Å². The van der Waals surface area contributed by atoms with E-state index in [1.165, 1.54) is 19.2 Å². The van der Waals surface area contributed by atoms with Crippen molar-refractivity contribution in [1.82, 2.24) is 4.31 Å². The van der Waals surface area contributed by atoms with Crippen LogP contribution in [0.5, 0.6) is 0 Å². The molecular weight excluding hydrogens is 297 g/mol. The number of hydrogen-bond acceptors (Lipinski definition) is 3. The summed E-state index contributed by atoms with van der Waals surface area (Å²) < 4.78 is 25.7. The average Bonchev–Trinajstić information content (AvgIpc) is 2.25. The third-order valence-corrected chi connectivity index (χ3v) is 5.26. The van der Waals surface area contributed by atoms with E-state index < -0.39 is 16.1 Å². The van der Waals surface area contributed by atoms with E-state index in [2.05, 4.69) is 0 Å². The molecule has 1 atom stereocenters. The number of halogens is 2. The van der Waals surface area contributed by atoms with Crippen LogP contribution in [0.3, 0.4) is 0 Å². The molecule has 0 heterocycles. The lowest BCUT2D eigenvalue weighted by molar-refractivity contribution is 0.177. The molecular formula is C11H15Cl2NO3S. The number of aliphatic hydroxyl groups excluding tert-OH is 1. The van der Waals surface area contributed by atoms with Gasteiger partial charge in [-0.25, -0.2) is 12.7 Å². The van der Waals surface area contributed by atoms with E-state index in [0.717, 1.165) is 4.31 Å². The summed E-state index contributed by atoms with van der Waals surface area (Å²) in [5, 5.41) is 9.35. The fourth-order valence-corrected chi connectivity index (χ4v) is 3.64. The van der Waals surface area contributed by atoms with Crippen LogP contribution in [0, 0.1) is 0 Å². The Bertz CT molecular complexity index is 497. The molecule has 0 saturated heterocycles. The van der Waals surface area contributed by atoms with E-state index in [9.17, 15) is 13.5 Å². The maximum absolute atomic E-state index is 12.3. The van der Waals surface area contributed by atoms with Gasteiger partial charge < -0.3 is 5.11 Å². The van der Waals surface area contributed by atoms with Crippen molar-refractivity contribution in [3.8, 4) is 0 Å². The summed E-state index contributed by atoms with van der Waals surface area (Å²) in [5.74, 6) is 0. The van der Waals surface area contributed by atoms with Gasteiger partial charge in [0, 0.05) is 13.6 Å². The highest BCUT2D eigenvalue weighted by Gasteiger charge is 2.26. The summed E-state index contributed by atoms with van der Waals surface area (Å²) in [6, 6.07) is 4.53. The Labute approximate surface area is 117 Å². The Balaban J connectivity index is 3.06. The van der Waals surface area contributed by atoms with E-state index in [1.807, 2.05) is 0 Å². The molecule has 0 aromatic heterocycles. The molecule has 0 spiro atoms. The minimum absolute atomic E-state index is 0.0893. The van der Waals surface area contributed by atoms with Gasteiger partial charge in [0.05, 0.1) is 16.1 Å². The lowest BCUT2D eigenvalue weighted by Crippen LogP contribution is -2.30. The highest BCUT2D eigenvalue weighted by molar-refractivity contribution is 7.89. The second kappa shape index (κ2) is 6.21. The SMILES string of the molecule is CC(O)CCN(C)S(=O)(=O)c1c(Cl)cccc1Cl. The molecule has 0 aliphatic carbocycles.